The number of hydrogen-bond donors (Lipinski definition) is 3. The third-order valence-corrected chi connectivity index (χ3v) is 2.80. The molecule has 1 heterocycles. The van der Waals surface area contributed by atoms with Gasteiger partial charge in [0.25, 0.3) is 5.69 Å². The number of carbonyl (C=O) groups is 1. The van der Waals surface area contributed by atoms with Crippen LogP contribution < -0.4 is 5.32 Å². The molecule has 1 aromatic heterocycles. The van der Waals surface area contributed by atoms with E-state index in [-0.39, 0.29) is 23.6 Å². The summed E-state index contributed by atoms with van der Waals surface area (Å²) in [7, 11) is 0. The van der Waals surface area contributed by atoms with E-state index in [0.717, 1.165) is 0 Å². The van der Waals surface area contributed by atoms with Gasteiger partial charge in [0.1, 0.15) is 23.5 Å². The molecule has 2 unspecified atom stereocenters. The average molecular weight is 327 g/mol. The van der Waals surface area contributed by atoms with E-state index in [9.17, 15) is 25.1 Å². The zero-order chi connectivity index (χ0) is 17.8. The summed E-state index contributed by atoms with van der Waals surface area (Å²) in [5, 5.41) is 33.0. The van der Waals surface area contributed by atoms with Gasteiger partial charge in [0.2, 0.25) is 0 Å². The number of aliphatic hydroxyl groups excluding tert-OH is 2. The van der Waals surface area contributed by atoms with Crippen molar-refractivity contribution in [2.24, 2.45) is 0 Å². The first kappa shape index (κ1) is 18.8. The molecule has 3 N–H and O–H groups in total. The highest BCUT2D eigenvalue weighted by Gasteiger charge is 2.24. The number of nitrogens with zero attached hydrogens (tertiary/aromatic N) is 2. The zero-order valence-corrected chi connectivity index (χ0v) is 13.4. The van der Waals surface area contributed by atoms with Crippen LogP contribution in [0.3, 0.4) is 0 Å². The lowest BCUT2D eigenvalue weighted by atomic mass is 10.1. The lowest BCUT2D eigenvalue weighted by molar-refractivity contribution is -0.385. The molecule has 23 heavy (non-hydrogen) atoms. The molecule has 0 aliphatic heterocycles. The quantitative estimate of drug-likeness (QED) is 0.546. The summed E-state index contributed by atoms with van der Waals surface area (Å²) < 4.78 is 5.00. The van der Waals surface area contributed by atoms with Gasteiger partial charge in [-0.2, -0.15) is 0 Å². The highest BCUT2D eigenvalue weighted by Crippen LogP contribution is 2.21. The Kier molecular flexibility index (Phi) is 5.99. The molecular formula is C14H21N3O6. The molecule has 0 saturated heterocycles. The van der Waals surface area contributed by atoms with Crippen molar-refractivity contribution in [1.82, 2.24) is 10.3 Å². The molecule has 1 amide bonds. The van der Waals surface area contributed by atoms with Crippen LogP contribution in [0.4, 0.5) is 10.5 Å². The van der Waals surface area contributed by atoms with Gasteiger partial charge in [-0.25, -0.2) is 9.78 Å². The van der Waals surface area contributed by atoms with Crippen LogP contribution in [0.5, 0.6) is 0 Å². The van der Waals surface area contributed by atoms with Gasteiger partial charge < -0.3 is 20.3 Å². The highest BCUT2D eigenvalue weighted by molar-refractivity contribution is 5.67. The van der Waals surface area contributed by atoms with Gasteiger partial charge in [0.05, 0.1) is 10.6 Å². The Morgan fingerprint density at radius 3 is 2.52 bits per heavy atom. The molecule has 0 saturated carbocycles. The molecule has 9 nitrogen and oxygen atoms in total. The van der Waals surface area contributed by atoms with Gasteiger partial charge >= 0.3 is 6.09 Å². The minimum atomic E-state index is -1.40. The lowest BCUT2D eigenvalue weighted by Gasteiger charge is -2.22. The van der Waals surface area contributed by atoms with E-state index < -0.39 is 28.8 Å². The summed E-state index contributed by atoms with van der Waals surface area (Å²) in [6.45, 7) is 6.26. The fourth-order valence-corrected chi connectivity index (χ4v) is 1.74. The summed E-state index contributed by atoms with van der Waals surface area (Å²) in [4.78, 5) is 25.5. The van der Waals surface area contributed by atoms with Crippen molar-refractivity contribution in [1.29, 1.82) is 0 Å². The van der Waals surface area contributed by atoms with Crippen LogP contribution in [-0.2, 0) is 4.74 Å². The molecule has 0 aliphatic rings. The summed E-state index contributed by atoms with van der Waals surface area (Å²) >= 11 is 0. The third-order valence-electron chi connectivity index (χ3n) is 2.80. The Labute approximate surface area is 133 Å². The van der Waals surface area contributed by atoms with Crippen molar-refractivity contribution >= 4 is 11.8 Å². The molecule has 1 aromatic rings. The number of pyridine rings is 1. The van der Waals surface area contributed by atoms with Gasteiger partial charge in [-0.3, -0.25) is 10.1 Å². The van der Waals surface area contributed by atoms with Gasteiger partial charge in [0.15, 0.2) is 0 Å². The Morgan fingerprint density at radius 1 is 1.43 bits per heavy atom. The molecular weight excluding hydrogens is 306 g/mol. The average Bonchev–Trinajstić information content (AvgIpc) is 2.41. The van der Waals surface area contributed by atoms with E-state index in [0.29, 0.717) is 0 Å². The predicted octanol–water partition coefficient (Wildman–Crippen LogP) is 1.22. The molecule has 0 bridgehead atoms. The smallest absolute Gasteiger partial charge is 0.407 e. The first-order valence-corrected chi connectivity index (χ1v) is 6.96. The van der Waals surface area contributed by atoms with Crippen LogP contribution >= 0.6 is 0 Å². The van der Waals surface area contributed by atoms with Crippen molar-refractivity contribution < 1.29 is 24.7 Å². The molecule has 128 valence electrons. The molecule has 9 heteroatoms. The number of aromatic nitrogens is 1. The van der Waals surface area contributed by atoms with E-state index in [1.165, 1.54) is 19.1 Å². The maximum Gasteiger partial charge on any atom is 0.407 e. The van der Waals surface area contributed by atoms with Crippen molar-refractivity contribution in [3.63, 3.8) is 0 Å². The first-order valence-electron chi connectivity index (χ1n) is 6.96. The number of rotatable bonds is 5. The number of carbonyl (C=O) groups excluding carboxylic acids is 1. The van der Waals surface area contributed by atoms with Crippen LogP contribution in [0.25, 0.3) is 0 Å². The third kappa shape index (κ3) is 5.80. The summed E-state index contributed by atoms with van der Waals surface area (Å²) in [5.74, 6) is 0. The Hall–Kier alpha value is -2.26. The van der Waals surface area contributed by atoms with E-state index in [2.05, 4.69) is 10.3 Å². The molecule has 0 spiro atoms. The van der Waals surface area contributed by atoms with Crippen LogP contribution in [0, 0.1) is 17.0 Å². The summed E-state index contributed by atoms with van der Waals surface area (Å²) in [6, 6.07) is 2.46. The van der Waals surface area contributed by atoms with Crippen molar-refractivity contribution in [2.45, 2.75) is 45.5 Å². The minimum absolute atomic E-state index is 0.0755. The number of alkyl carbamates (subject to hydrolysis) is 1. The van der Waals surface area contributed by atoms with Gasteiger partial charge in [-0.05, 0) is 33.8 Å². The monoisotopic (exact) mass is 327 g/mol. The van der Waals surface area contributed by atoms with E-state index in [4.69, 9.17) is 4.74 Å². The normalized spacial score (nSPS) is 14.0. The van der Waals surface area contributed by atoms with Crippen molar-refractivity contribution in [3.05, 3.63) is 33.6 Å². The molecule has 0 fully saturated rings. The molecule has 0 radical (unpaired) electrons. The number of nitrogens with one attached hydrogen (secondary N) is 1. The van der Waals surface area contributed by atoms with Crippen molar-refractivity contribution in [3.8, 4) is 0 Å². The number of amides is 1. The van der Waals surface area contributed by atoms with Crippen LogP contribution in [-0.4, -0.2) is 44.5 Å². The lowest BCUT2D eigenvalue weighted by Crippen LogP contribution is -2.39. The van der Waals surface area contributed by atoms with Crippen LogP contribution in [0.2, 0.25) is 0 Å². The van der Waals surface area contributed by atoms with Gasteiger partial charge in [-0.1, -0.05) is 0 Å². The Balaban J connectivity index is 2.66. The second-order valence-electron chi connectivity index (χ2n) is 5.99. The largest absolute Gasteiger partial charge is 0.444 e. The van der Waals surface area contributed by atoms with E-state index >= 15 is 0 Å². The number of aliphatic hydroxyl groups is 2. The van der Waals surface area contributed by atoms with E-state index in [1.54, 1.807) is 20.8 Å². The molecule has 0 aromatic carbocycles. The van der Waals surface area contributed by atoms with Gasteiger partial charge in [-0.15, -0.1) is 0 Å². The van der Waals surface area contributed by atoms with Crippen molar-refractivity contribution in [2.75, 3.05) is 6.54 Å². The van der Waals surface area contributed by atoms with Crippen LogP contribution in [0.1, 0.15) is 38.3 Å². The fourth-order valence-electron chi connectivity index (χ4n) is 1.74. The maximum atomic E-state index is 11.5. The van der Waals surface area contributed by atoms with Gasteiger partial charge in [0, 0.05) is 12.6 Å². The molecule has 1 rings (SSSR count). The second kappa shape index (κ2) is 7.34. The number of aryl methyl sites for hydroxylation is 1. The predicted molar refractivity (Wildman–Crippen MR) is 80.8 cm³/mol. The minimum Gasteiger partial charge on any atom is -0.444 e. The first-order chi connectivity index (χ1) is 10.5. The number of hydrogen-bond acceptors (Lipinski definition) is 7. The summed E-state index contributed by atoms with van der Waals surface area (Å²) in [6.07, 6.45) is -3.46. The Morgan fingerprint density at radius 2 is 2.04 bits per heavy atom. The highest BCUT2D eigenvalue weighted by atomic mass is 16.6. The number of nitro groups is 1. The maximum absolute atomic E-state index is 11.5. The zero-order valence-electron chi connectivity index (χ0n) is 13.4. The number of ether oxygens (including phenoxy) is 1. The fraction of sp³-hybridized carbons (Fsp3) is 0.571. The topological polar surface area (TPSA) is 135 Å². The standard InChI is InChI=1S/C14H21N3O6/c1-8-10(17(21)22)6-5-9(16-8)12(19)11(18)7-15-13(20)23-14(2,3)4/h5-6,11-12,18-19H,7H2,1-4H3,(H,15,20). The van der Waals surface area contributed by atoms with E-state index in [1.807, 2.05) is 0 Å². The Bertz CT molecular complexity index is 584. The van der Waals surface area contributed by atoms with Crippen LogP contribution in [0.15, 0.2) is 12.1 Å². The molecule has 0 aliphatic carbocycles. The summed E-state index contributed by atoms with van der Waals surface area (Å²) in [5.41, 5.74) is -0.655. The second-order valence-corrected chi connectivity index (χ2v) is 5.99. The molecule has 2 atom stereocenters. The SMILES string of the molecule is Cc1nc(C(O)C(O)CNC(=O)OC(C)(C)C)ccc1[N+](=O)[O-].